The van der Waals surface area contributed by atoms with Crippen molar-refractivity contribution in [3.05, 3.63) is 24.3 Å². The van der Waals surface area contributed by atoms with Crippen molar-refractivity contribution < 1.29 is 18.0 Å². The monoisotopic (exact) mass is 325 g/mol. The van der Waals surface area contributed by atoms with E-state index in [9.17, 15) is 18.0 Å². The van der Waals surface area contributed by atoms with Crippen LogP contribution in [0.25, 0.3) is 0 Å². The first-order valence-corrected chi connectivity index (χ1v) is 8.84. The van der Waals surface area contributed by atoms with Crippen molar-refractivity contribution >= 4 is 33.2 Å². The van der Waals surface area contributed by atoms with Gasteiger partial charge in [0, 0.05) is 24.3 Å². The molecule has 0 spiro atoms. The fraction of sp³-hybridized carbons (Fsp3) is 0.429. The standard InChI is InChI=1S/C14H19N3O4S/c1-10(16-22(2,20)21)14(19)15-11-5-7-12(8-6-11)17-9-3-4-13(17)18/h5-8,10,16H,3-4,9H2,1-2H3,(H,15,19)/t10-/m1/s1. The van der Waals surface area contributed by atoms with Gasteiger partial charge in [0.15, 0.2) is 0 Å². The van der Waals surface area contributed by atoms with E-state index in [1.165, 1.54) is 6.92 Å². The Morgan fingerprint density at radius 2 is 1.91 bits per heavy atom. The highest BCUT2D eigenvalue weighted by molar-refractivity contribution is 7.88. The van der Waals surface area contributed by atoms with E-state index >= 15 is 0 Å². The molecule has 0 unspecified atom stereocenters. The van der Waals surface area contributed by atoms with Gasteiger partial charge in [0.05, 0.1) is 12.3 Å². The normalized spacial score (nSPS) is 16.6. The van der Waals surface area contributed by atoms with E-state index in [4.69, 9.17) is 0 Å². The summed E-state index contributed by atoms with van der Waals surface area (Å²) >= 11 is 0. The first-order valence-electron chi connectivity index (χ1n) is 6.95. The maximum absolute atomic E-state index is 11.9. The third-order valence-corrected chi connectivity index (χ3v) is 4.09. The van der Waals surface area contributed by atoms with Gasteiger partial charge in [0.2, 0.25) is 21.8 Å². The summed E-state index contributed by atoms with van der Waals surface area (Å²) in [6, 6.07) is 6.02. The summed E-state index contributed by atoms with van der Waals surface area (Å²) in [5.74, 6) is -0.349. The largest absolute Gasteiger partial charge is 0.325 e. The maximum Gasteiger partial charge on any atom is 0.242 e. The summed E-state index contributed by atoms with van der Waals surface area (Å²) in [4.78, 5) is 25.2. The summed E-state index contributed by atoms with van der Waals surface area (Å²) in [5, 5.41) is 2.62. The molecule has 1 saturated heterocycles. The Labute approximate surface area is 129 Å². The highest BCUT2D eigenvalue weighted by Gasteiger charge is 2.21. The summed E-state index contributed by atoms with van der Waals surface area (Å²) < 4.78 is 24.4. The van der Waals surface area contributed by atoms with Gasteiger partial charge < -0.3 is 10.2 Å². The van der Waals surface area contributed by atoms with Crippen molar-refractivity contribution in [2.24, 2.45) is 0 Å². The molecule has 2 amide bonds. The molecule has 0 bridgehead atoms. The molecule has 120 valence electrons. The Balaban J connectivity index is 1.99. The highest BCUT2D eigenvalue weighted by atomic mass is 32.2. The number of nitrogens with zero attached hydrogens (tertiary/aromatic N) is 1. The second-order valence-electron chi connectivity index (χ2n) is 5.30. The van der Waals surface area contributed by atoms with Crippen molar-refractivity contribution in [3.63, 3.8) is 0 Å². The number of anilines is 2. The second kappa shape index (κ2) is 6.45. The van der Waals surface area contributed by atoms with Crippen LogP contribution in [-0.2, 0) is 19.6 Å². The number of rotatable bonds is 5. The average molecular weight is 325 g/mol. The number of hydrogen-bond acceptors (Lipinski definition) is 4. The minimum absolute atomic E-state index is 0.0998. The Kier molecular flexibility index (Phi) is 4.82. The lowest BCUT2D eigenvalue weighted by molar-refractivity contribution is -0.118. The van der Waals surface area contributed by atoms with Crippen molar-refractivity contribution in [1.82, 2.24) is 4.72 Å². The van der Waals surface area contributed by atoms with E-state index in [0.29, 0.717) is 18.7 Å². The van der Waals surface area contributed by atoms with Gasteiger partial charge in [0.1, 0.15) is 0 Å². The molecule has 7 nitrogen and oxygen atoms in total. The third-order valence-electron chi connectivity index (χ3n) is 3.30. The van der Waals surface area contributed by atoms with Crippen molar-refractivity contribution in [2.45, 2.75) is 25.8 Å². The number of hydrogen-bond donors (Lipinski definition) is 2. The van der Waals surface area contributed by atoms with Gasteiger partial charge >= 0.3 is 0 Å². The predicted molar refractivity (Wildman–Crippen MR) is 84.1 cm³/mol. The fourth-order valence-corrected chi connectivity index (χ4v) is 3.02. The van der Waals surface area contributed by atoms with Gasteiger partial charge in [-0.05, 0) is 37.6 Å². The Morgan fingerprint density at radius 3 is 2.41 bits per heavy atom. The predicted octanol–water partition coefficient (Wildman–Crippen LogP) is 0.690. The van der Waals surface area contributed by atoms with Gasteiger partial charge in [-0.15, -0.1) is 0 Å². The smallest absolute Gasteiger partial charge is 0.242 e. The molecule has 1 aromatic rings. The lowest BCUT2D eigenvalue weighted by atomic mass is 10.2. The SMILES string of the molecule is C[C@@H](NS(C)(=O)=O)C(=O)Nc1ccc(N2CCCC2=O)cc1. The fourth-order valence-electron chi connectivity index (χ4n) is 2.27. The van der Waals surface area contributed by atoms with Gasteiger partial charge in [-0.3, -0.25) is 9.59 Å². The minimum Gasteiger partial charge on any atom is -0.325 e. The topological polar surface area (TPSA) is 95.6 Å². The number of carbonyl (C=O) groups excluding carboxylic acids is 2. The van der Waals surface area contributed by atoms with Crippen LogP contribution in [0, 0.1) is 0 Å². The highest BCUT2D eigenvalue weighted by Crippen LogP contribution is 2.23. The molecule has 2 rings (SSSR count). The van der Waals surface area contributed by atoms with E-state index in [0.717, 1.165) is 18.4 Å². The van der Waals surface area contributed by atoms with E-state index in [1.54, 1.807) is 29.2 Å². The van der Waals surface area contributed by atoms with Crippen LogP contribution in [0.4, 0.5) is 11.4 Å². The van der Waals surface area contributed by atoms with Crippen LogP contribution in [0.15, 0.2) is 24.3 Å². The molecule has 0 radical (unpaired) electrons. The summed E-state index contributed by atoms with van der Waals surface area (Å²) in [5.41, 5.74) is 1.34. The zero-order chi connectivity index (χ0) is 16.3. The molecule has 1 aliphatic heterocycles. The molecular weight excluding hydrogens is 306 g/mol. The molecule has 8 heteroatoms. The van der Waals surface area contributed by atoms with Crippen LogP contribution in [0.2, 0.25) is 0 Å². The molecular formula is C14H19N3O4S. The Bertz CT molecular complexity index is 670. The quantitative estimate of drug-likeness (QED) is 0.832. The van der Waals surface area contributed by atoms with Crippen molar-refractivity contribution in [2.75, 3.05) is 23.0 Å². The van der Waals surface area contributed by atoms with E-state index in [-0.39, 0.29) is 5.91 Å². The lowest BCUT2D eigenvalue weighted by Crippen LogP contribution is -2.40. The van der Waals surface area contributed by atoms with Gasteiger partial charge in [0.25, 0.3) is 0 Å². The van der Waals surface area contributed by atoms with Crippen LogP contribution >= 0.6 is 0 Å². The molecule has 1 heterocycles. The van der Waals surface area contributed by atoms with Gasteiger partial charge in [-0.25, -0.2) is 13.1 Å². The molecule has 0 aliphatic carbocycles. The van der Waals surface area contributed by atoms with E-state index < -0.39 is 22.0 Å². The third kappa shape index (κ3) is 4.28. The van der Waals surface area contributed by atoms with Crippen molar-refractivity contribution in [3.8, 4) is 0 Å². The Hall–Kier alpha value is -1.93. The molecule has 1 aromatic carbocycles. The molecule has 1 aliphatic rings. The van der Waals surface area contributed by atoms with Crippen LogP contribution in [0.5, 0.6) is 0 Å². The molecule has 22 heavy (non-hydrogen) atoms. The maximum atomic E-state index is 11.9. The van der Waals surface area contributed by atoms with Crippen LogP contribution in [-0.4, -0.2) is 39.1 Å². The van der Waals surface area contributed by atoms with Crippen molar-refractivity contribution in [1.29, 1.82) is 0 Å². The Morgan fingerprint density at radius 1 is 1.27 bits per heavy atom. The minimum atomic E-state index is -3.44. The van der Waals surface area contributed by atoms with Crippen LogP contribution in [0.1, 0.15) is 19.8 Å². The summed E-state index contributed by atoms with van der Waals surface area (Å²) in [6.07, 6.45) is 2.41. The molecule has 1 fully saturated rings. The summed E-state index contributed by atoms with van der Waals surface area (Å²) in [7, 11) is -3.44. The first-order chi connectivity index (χ1) is 10.3. The molecule has 0 aromatic heterocycles. The van der Waals surface area contributed by atoms with E-state index in [2.05, 4.69) is 10.0 Å². The molecule has 0 saturated carbocycles. The number of nitrogens with one attached hydrogen (secondary N) is 2. The summed E-state index contributed by atoms with van der Waals surface area (Å²) in [6.45, 7) is 2.17. The second-order valence-corrected chi connectivity index (χ2v) is 7.08. The van der Waals surface area contributed by atoms with Gasteiger partial charge in [-0.1, -0.05) is 0 Å². The molecule has 2 N–H and O–H groups in total. The molecule has 1 atom stereocenters. The number of sulfonamides is 1. The number of carbonyl (C=O) groups is 2. The lowest BCUT2D eigenvalue weighted by Gasteiger charge is -2.17. The number of amides is 2. The van der Waals surface area contributed by atoms with Gasteiger partial charge in [-0.2, -0.15) is 0 Å². The zero-order valence-corrected chi connectivity index (χ0v) is 13.3. The van der Waals surface area contributed by atoms with Crippen LogP contribution < -0.4 is 14.9 Å². The number of benzene rings is 1. The first kappa shape index (κ1) is 16.4. The average Bonchev–Trinajstić information content (AvgIpc) is 2.84. The van der Waals surface area contributed by atoms with Crippen LogP contribution in [0.3, 0.4) is 0 Å². The zero-order valence-electron chi connectivity index (χ0n) is 12.5. The van der Waals surface area contributed by atoms with E-state index in [1.807, 2.05) is 0 Å².